The predicted octanol–water partition coefficient (Wildman–Crippen LogP) is 4.83. The Morgan fingerprint density at radius 3 is 1.70 bits per heavy atom. The summed E-state index contributed by atoms with van der Waals surface area (Å²) in [5.74, 6) is -2.78. The van der Waals surface area contributed by atoms with E-state index < -0.39 is 23.8 Å². The van der Waals surface area contributed by atoms with Gasteiger partial charge in [0.15, 0.2) is 0 Å². The van der Waals surface area contributed by atoms with E-state index in [-0.39, 0.29) is 17.0 Å². The molecule has 1 aliphatic rings. The third-order valence-electron chi connectivity index (χ3n) is 3.85. The molecule has 124 valence electrons. The summed E-state index contributed by atoms with van der Waals surface area (Å²) in [6, 6.07) is -1.20. The molecule has 0 aliphatic carbocycles. The molecule has 1 aromatic carbocycles. The average molecular weight is 577 g/mol. The molecule has 2 atom stereocenters. The Morgan fingerprint density at radius 1 is 1.00 bits per heavy atom. The summed E-state index contributed by atoms with van der Waals surface area (Å²) in [5, 5.41) is 9.51. The largest absolute Gasteiger partial charge is 0.480 e. The van der Waals surface area contributed by atoms with Gasteiger partial charge in [-0.25, -0.2) is 4.79 Å². The van der Waals surface area contributed by atoms with Crippen molar-refractivity contribution in [3.63, 3.8) is 0 Å². The number of aliphatic carboxylic acids is 1. The molecule has 0 spiro atoms. The Hall–Kier alpha value is -0.250. The van der Waals surface area contributed by atoms with E-state index in [0.29, 0.717) is 24.3 Å². The quantitative estimate of drug-likeness (QED) is 0.317. The van der Waals surface area contributed by atoms with Gasteiger partial charge in [-0.05, 0) is 69.6 Å². The van der Waals surface area contributed by atoms with Crippen LogP contribution in [0.5, 0.6) is 0 Å². The van der Waals surface area contributed by atoms with Crippen molar-refractivity contribution in [1.29, 1.82) is 0 Å². The predicted molar refractivity (Wildman–Crippen MR) is 98.6 cm³/mol. The van der Waals surface area contributed by atoms with Crippen molar-refractivity contribution in [3.8, 4) is 0 Å². The van der Waals surface area contributed by atoms with Gasteiger partial charge in [0.25, 0.3) is 11.8 Å². The zero-order chi connectivity index (χ0) is 17.6. The van der Waals surface area contributed by atoms with Crippen LogP contribution in [-0.4, -0.2) is 33.8 Å². The van der Waals surface area contributed by atoms with Gasteiger partial charge in [0, 0.05) is 17.9 Å². The van der Waals surface area contributed by atoms with Crippen LogP contribution in [0.15, 0.2) is 17.9 Å². The summed E-state index contributed by atoms with van der Waals surface area (Å²) in [4.78, 5) is 38.0. The minimum atomic E-state index is -1.20. The highest BCUT2D eigenvalue weighted by Crippen LogP contribution is 2.46. The standard InChI is InChI=1S/C14H11Br4NO4/c1-3-4(2)11(14(22)23)19-12(20)5-6(13(19)21)8(16)10(18)9(17)7(5)15/h4,11H,3H2,1-2H3,(H,22,23)/t4-,11+/m1/s1. The molecule has 0 bridgehead atoms. The normalized spacial score (nSPS) is 16.5. The van der Waals surface area contributed by atoms with Crippen LogP contribution in [0.2, 0.25) is 0 Å². The summed E-state index contributed by atoms with van der Waals surface area (Å²) in [6.07, 6.45) is 0.528. The molecular weight excluding hydrogens is 566 g/mol. The number of carboxylic acid groups (broad SMARTS) is 1. The fourth-order valence-electron chi connectivity index (χ4n) is 2.45. The summed E-state index contributed by atoms with van der Waals surface area (Å²) >= 11 is 13.3. The van der Waals surface area contributed by atoms with Crippen LogP contribution in [0.25, 0.3) is 0 Å². The number of imide groups is 1. The maximum absolute atomic E-state index is 12.8. The molecular formula is C14H11Br4NO4. The smallest absolute Gasteiger partial charge is 0.327 e. The van der Waals surface area contributed by atoms with E-state index in [0.717, 1.165) is 4.90 Å². The van der Waals surface area contributed by atoms with Crippen LogP contribution >= 0.6 is 63.7 Å². The van der Waals surface area contributed by atoms with Gasteiger partial charge in [-0.15, -0.1) is 0 Å². The van der Waals surface area contributed by atoms with Crippen LogP contribution in [0.4, 0.5) is 0 Å². The highest BCUT2D eigenvalue weighted by molar-refractivity contribution is 9.15. The summed E-state index contributed by atoms with van der Waals surface area (Å²) < 4.78 is 1.97. The van der Waals surface area contributed by atoms with Gasteiger partial charge in [0.2, 0.25) is 0 Å². The van der Waals surface area contributed by atoms with Gasteiger partial charge in [-0.2, -0.15) is 0 Å². The number of rotatable bonds is 4. The van der Waals surface area contributed by atoms with Crippen LogP contribution in [-0.2, 0) is 4.79 Å². The molecule has 2 amide bonds. The Morgan fingerprint density at radius 2 is 1.39 bits per heavy atom. The number of fused-ring (bicyclic) bond motifs is 1. The van der Waals surface area contributed by atoms with E-state index in [1.807, 2.05) is 6.92 Å². The van der Waals surface area contributed by atoms with Crippen molar-refractivity contribution >= 4 is 81.5 Å². The molecule has 1 aliphatic heterocycles. The number of halogens is 4. The Labute approximate surface area is 166 Å². The van der Waals surface area contributed by atoms with Crippen LogP contribution in [0.3, 0.4) is 0 Å². The van der Waals surface area contributed by atoms with Crippen molar-refractivity contribution < 1.29 is 19.5 Å². The molecule has 1 N–H and O–H groups in total. The lowest BCUT2D eigenvalue weighted by Crippen LogP contribution is -2.48. The van der Waals surface area contributed by atoms with E-state index >= 15 is 0 Å². The summed E-state index contributed by atoms with van der Waals surface area (Å²) in [7, 11) is 0. The van der Waals surface area contributed by atoms with Crippen molar-refractivity contribution in [3.05, 3.63) is 29.0 Å². The van der Waals surface area contributed by atoms with Gasteiger partial charge in [-0.3, -0.25) is 14.5 Å². The molecule has 2 rings (SSSR count). The average Bonchev–Trinajstić information content (AvgIpc) is 2.75. The molecule has 0 aromatic heterocycles. The minimum Gasteiger partial charge on any atom is -0.480 e. The van der Waals surface area contributed by atoms with Gasteiger partial charge in [-0.1, -0.05) is 20.3 Å². The number of hydrogen-bond donors (Lipinski definition) is 1. The Balaban J connectivity index is 2.69. The maximum atomic E-state index is 12.8. The first-order valence-corrected chi connectivity index (χ1v) is 9.78. The molecule has 5 nitrogen and oxygen atoms in total. The van der Waals surface area contributed by atoms with Crippen molar-refractivity contribution in [2.75, 3.05) is 0 Å². The van der Waals surface area contributed by atoms with E-state index in [1.165, 1.54) is 0 Å². The second kappa shape index (κ2) is 6.93. The Bertz CT molecular complexity index is 687. The topological polar surface area (TPSA) is 74.7 Å². The fraction of sp³-hybridized carbons (Fsp3) is 0.357. The minimum absolute atomic E-state index is 0.159. The van der Waals surface area contributed by atoms with Gasteiger partial charge in [0.05, 0.1) is 11.1 Å². The third-order valence-corrected chi connectivity index (χ3v) is 8.61. The third kappa shape index (κ3) is 2.94. The number of nitrogens with zero attached hydrogens (tertiary/aromatic N) is 1. The molecule has 23 heavy (non-hydrogen) atoms. The van der Waals surface area contributed by atoms with E-state index in [4.69, 9.17) is 0 Å². The van der Waals surface area contributed by atoms with Crippen molar-refractivity contribution in [1.82, 2.24) is 4.90 Å². The van der Waals surface area contributed by atoms with Gasteiger partial charge < -0.3 is 5.11 Å². The molecule has 9 heteroatoms. The summed E-state index contributed by atoms with van der Waals surface area (Å²) in [5.41, 5.74) is 0.318. The molecule has 1 aromatic rings. The number of hydrogen-bond acceptors (Lipinski definition) is 3. The van der Waals surface area contributed by atoms with Crippen LogP contribution < -0.4 is 0 Å². The number of carbonyl (C=O) groups is 3. The monoisotopic (exact) mass is 573 g/mol. The molecule has 0 radical (unpaired) electrons. The van der Waals surface area contributed by atoms with Gasteiger partial charge >= 0.3 is 5.97 Å². The van der Waals surface area contributed by atoms with E-state index in [9.17, 15) is 19.5 Å². The number of amides is 2. The Kier molecular flexibility index (Phi) is 5.75. The zero-order valence-corrected chi connectivity index (χ0v) is 18.3. The molecule has 0 saturated heterocycles. The molecule has 1 heterocycles. The van der Waals surface area contributed by atoms with Gasteiger partial charge in [0.1, 0.15) is 6.04 Å². The first-order chi connectivity index (χ1) is 10.6. The number of carbonyl (C=O) groups excluding carboxylic acids is 2. The highest BCUT2D eigenvalue weighted by Gasteiger charge is 2.47. The maximum Gasteiger partial charge on any atom is 0.327 e. The van der Waals surface area contributed by atoms with Crippen molar-refractivity contribution in [2.24, 2.45) is 5.92 Å². The lowest BCUT2D eigenvalue weighted by atomic mass is 9.98. The summed E-state index contributed by atoms with van der Waals surface area (Å²) in [6.45, 7) is 3.52. The second-order valence-corrected chi connectivity index (χ2v) is 8.33. The SMILES string of the molecule is CC[C@@H](C)[C@@H](C(=O)O)N1C(=O)c2c(Br)c(Br)c(Br)c(Br)c2C1=O. The second-order valence-electron chi connectivity index (χ2n) is 5.15. The highest BCUT2D eigenvalue weighted by atomic mass is 79.9. The van der Waals surface area contributed by atoms with Crippen LogP contribution in [0, 0.1) is 5.92 Å². The first-order valence-electron chi connectivity index (χ1n) is 6.61. The van der Waals surface area contributed by atoms with Crippen LogP contribution in [0.1, 0.15) is 41.0 Å². The molecule has 0 fully saturated rings. The van der Waals surface area contributed by atoms with E-state index in [1.54, 1.807) is 6.92 Å². The zero-order valence-electron chi connectivity index (χ0n) is 12.0. The first kappa shape index (κ1) is 19.1. The van der Waals surface area contributed by atoms with E-state index in [2.05, 4.69) is 63.7 Å². The lowest BCUT2D eigenvalue weighted by molar-refractivity contribution is -0.143. The lowest BCUT2D eigenvalue weighted by Gasteiger charge is -2.27. The fourth-order valence-corrected chi connectivity index (χ4v) is 4.91. The number of benzene rings is 1. The molecule has 0 unspecified atom stereocenters. The number of carboxylic acids is 1. The van der Waals surface area contributed by atoms with Crippen molar-refractivity contribution in [2.45, 2.75) is 26.3 Å². The molecule has 0 saturated carbocycles.